The highest BCUT2D eigenvalue weighted by molar-refractivity contribution is 7.07. The smallest absolute Gasteiger partial charge is 0.338 e. The molecule has 0 radical (unpaired) electrons. The summed E-state index contributed by atoms with van der Waals surface area (Å²) < 4.78 is 29.4. The van der Waals surface area contributed by atoms with Crippen LogP contribution in [0.25, 0.3) is 6.08 Å². The normalized spacial score (nSPS) is 14.8. The number of thiazole rings is 1. The first-order valence-electron chi connectivity index (χ1n) is 12.2. The SMILES string of the molecule is C=CCOc1ccc([C@H]2C(C(=O)OCC)=C(C)N=c3s/c(=C/c4ccc(OC)c(OC)c4OC)c(=O)n32)cc1. The molecule has 10 heteroatoms. The van der Waals surface area contributed by atoms with Crippen molar-refractivity contribution < 1.29 is 28.5 Å². The number of methoxy groups -OCH3 is 3. The molecule has 2 heterocycles. The molecule has 1 atom stereocenters. The first kappa shape index (κ1) is 27.7. The zero-order valence-corrected chi connectivity index (χ0v) is 23.3. The van der Waals surface area contributed by atoms with Crippen molar-refractivity contribution in [3.63, 3.8) is 0 Å². The number of hydrogen-bond donors (Lipinski definition) is 0. The summed E-state index contributed by atoms with van der Waals surface area (Å²) in [6.07, 6.45) is 3.38. The zero-order chi connectivity index (χ0) is 28.1. The monoisotopic (exact) mass is 550 g/mol. The maximum absolute atomic E-state index is 13.9. The standard InChI is InChI=1S/C29H30N2O7S/c1-7-15-38-20-12-9-18(10-13-20)24-23(28(33)37-8-2)17(3)30-29-31(24)27(32)22(39-29)16-19-11-14-21(34-4)26(36-6)25(19)35-5/h7,9-14,16,24H,1,8,15H2,2-6H3/b22-16+/t24-/m0/s1. The molecule has 2 aromatic carbocycles. The third kappa shape index (κ3) is 5.33. The zero-order valence-electron chi connectivity index (χ0n) is 22.5. The fraction of sp³-hybridized carbons (Fsp3) is 0.276. The van der Waals surface area contributed by atoms with Gasteiger partial charge in [-0.15, -0.1) is 0 Å². The molecule has 204 valence electrons. The number of aromatic nitrogens is 1. The summed E-state index contributed by atoms with van der Waals surface area (Å²) in [6.45, 7) is 7.70. The van der Waals surface area contributed by atoms with Crippen LogP contribution in [0, 0.1) is 0 Å². The molecule has 0 saturated carbocycles. The summed E-state index contributed by atoms with van der Waals surface area (Å²) >= 11 is 1.22. The maximum atomic E-state index is 13.9. The minimum Gasteiger partial charge on any atom is -0.493 e. The first-order valence-corrected chi connectivity index (χ1v) is 13.0. The third-order valence-corrected chi connectivity index (χ3v) is 7.08. The fourth-order valence-corrected chi connectivity index (χ4v) is 5.43. The largest absolute Gasteiger partial charge is 0.493 e. The first-order chi connectivity index (χ1) is 18.9. The fourth-order valence-electron chi connectivity index (χ4n) is 4.39. The second-order valence-corrected chi connectivity index (χ2v) is 9.40. The lowest BCUT2D eigenvalue weighted by Gasteiger charge is -2.24. The van der Waals surface area contributed by atoms with Crippen LogP contribution in [0.4, 0.5) is 0 Å². The Labute approximate surface area is 229 Å². The van der Waals surface area contributed by atoms with Gasteiger partial charge in [0.1, 0.15) is 12.4 Å². The van der Waals surface area contributed by atoms with Crippen LogP contribution in [0.2, 0.25) is 0 Å². The van der Waals surface area contributed by atoms with E-state index in [0.717, 1.165) is 5.56 Å². The number of carbonyl (C=O) groups excluding carboxylic acids is 1. The highest BCUT2D eigenvalue weighted by Gasteiger charge is 2.33. The minimum absolute atomic E-state index is 0.195. The molecule has 4 rings (SSSR count). The van der Waals surface area contributed by atoms with Crippen molar-refractivity contribution in [2.75, 3.05) is 34.5 Å². The van der Waals surface area contributed by atoms with Gasteiger partial charge in [0, 0.05) is 5.56 Å². The van der Waals surface area contributed by atoms with E-state index in [4.69, 9.17) is 23.7 Å². The number of rotatable bonds is 10. The average Bonchev–Trinajstić information content (AvgIpc) is 3.25. The number of hydrogen-bond acceptors (Lipinski definition) is 9. The van der Waals surface area contributed by atoms with Crippen LogP contribution in [-0.4, -0.2) is 45.1 Å². The lowest BCUT2D eigenvalue weighted by atomic mass is 9.96. The van der Waals surface area contributed by atoms with Gasteiger partial charge in [0.2, 0.25) is 5.75 Å². The summed E-state index contributed by atoms with van der Waals surface area (Å²) in [7, 11) is 4.58. The van der Waals surface area contributed by atoms with Gasteiger partial charge in [0.25, 0.3) is 5.56 Å². The Morgan fingerprint density at radius 2 is 1.79 bits per heavy atom. The van der Waals surface area contributed by atoms with Crippen LogP contribution in [0.5, 0.6) is 23.0 Å². The lowest BCUT2D eigenvalue weighted by molar-refractivity contribution is -0.139. The second kappa shape index (κ2) is 12.0. The molecule has 0 fully saturated rings. The van der Waals surface area contributed by atoms with Crippen molar-refractivity contribution in [2.24, 2.45) is 4.99 Å². The molecule has 39 heavy (non-hydrogen) atoms. The Bertz CT molecular complexity index is 1600. The molecule has 1 aromatic heterocycles. The van der Waals surface area contributed by atoms with Gasteiger partial charge in [0.05, 0.1) is 49.8 Å². The molecule has 0 spiro atoms. The van der Waals surface area contributed by atoms with Crippen LogP contribution >= 0.6 is 11.3 Å². The summed E-state index contributed by atoms with van der Waals surface area (Å²) in [5, 5.41) is 0. The minimum atomic E-state index is -0.733. The molecule has 1 aliphatic rings. The predicted octanol–water partition coefficient (Wildman–Crippen LogP) is 3.39. The van der Waals surface area contributed by atoms with Crippen LogP contribution in [0.15, 0.2) is 70.1 Å². The number of nitrogens with zero attached hydrogens (tertiary/aromatic N) is 2. The van der Waals surface area contributed by atoms with E-state index in [1.54, 1.807) is 50.3 Å². The highest BCUT2D eigenvalue weighted by Crippen LogP contribution is 2.40. The van der Waals surface area contributed by atoms with E-state index in [2.05, 4.69) is 11.6 Å². The Hall–Kier alpha value is -4.31. The van der Waals surface area contributed by atoms with Crippen molar-refractivity contribution in [2.45, 2.75) is 19.9 Å². The van der Waals surface area contributed by atoms with Gasteiger partial charge in [-0.3, -0.25) is 9.36 Å². The Morgan fingerprint density at radius 1 is 1.08 bits per heavy atom. The Kier molecular flexibility index (Phi) is 8.55. The van der Waals surface area contributed by atoms with Gasteiger partial charge in [-0.2, -0.15) is 0 Å². The number of carbonyl (C=O) groups is 1. The number of benzene rings is 2. The van der Waals surface area contributed by atoms with Crippen LogP contribution in [0.3, 0.4) is 0 Å². The molecule has 1 aliphatic heterocycles. The lowest BCUT2D eigenvalue weighted by Crippen LogP contribution is -2.39. The molecular formula is C29H30N2O7S. The summed E-state index contributed by atoms with van der Waals surface area (Å²) in [6, 6.07) is 10.0. The van der Waals surface area contributed by atoms with Crippen LogP contribution in [0.1, 0.15) is 31.0 Å². The topological polar surface area (TPSA) is 97.6 Å². The third-order valence-electron chi connectivity index (χ3n) is 6.10. The molecule has 9 nitrogen and oxygen atoms in total. The van der Waals surface area contributed by atoms with Crippen LogP contribution in [-0.2, 0) is 9.53 Å². The summed E-state index contributed by atoms with van der Waals surface area (Å²) in [5.41, 5.74) is 1.83. The van der Waals surface area contributed by atoms with Gasteiger partial charge >= 0.3 is 5.97 Å². The molecule has 0 bridgehead atoms. The highest BCUT2D eigenvalue weighted by atomic mass is 32.1. The van der Waals surface area contributed by atoms with Crippen LogP contribution < -0.4 is 33.8 Å². The molecule has 0 unspecified atom stereocenters. The molecule has 0 aliphatic carbocycles. The van der Waals surface area contributed by atoms with Crippen molar-refractivity contribution in [1.82, 2.24) is 4.57 Å². The van der Waals surface area contributed by atoms with Gasteiger partial charge in [-0.05, 0) is 49.8 Å². The molecular weight excluding hydrogens is 520 g/mol. The second-order valence-electron chi connectivity index (χ2n) is 8.39. The van der Waals surface area contributed by atoms with Gasteiger partial charge in [0.15, 0.2) is 16.3 Å². The van der Waals surface area contributed by atoms with E-state index in [0.29, 0.717) is 55.8 Å². The number of ether oxygens (including phenoxy) is 5. The van der Waals surface area contributed by atoms with E-state index in [1.165, 1.54) is 37.2 Å². The Morgan fingerprint density at radius 3 is 2.41 bits per heavy atom. The van der Waals surface area contributed by atoms with Gasteiger partial charge in [-0.25, -0.2) is 9.79 Å². The van der Waals surface area contributed by atoms with E-state index in [-0.39, 0.29) is 12.2 Å². The maximum Gasteiger partial charge on any atom is 0.338 e. The van der Waals surface area contributed by atoms with E-state index < -0.39 is 12.0 Å². The number of esters is 1. The van der Waals surface area contributed by atoms with Gasteiger partial charge < -0.3 is 23.7 Å². The molecule has 0 N–H and O–H groups in total. The van der Waals surface area contributed by atoms with Crippen molar-refractivity contribution in [3.05, 3.63) is 91.1 Å². The van der Waals surface area contributed by atoms with Crippen molar-refractivity contribution in [1.29, 1.82) is 0 Å². The molecule has 3 aromatic rings. The Balaban J connectivity index is 1.92. The summed E-state index contributed by atoms with van der Waals surface area (Å²) in [5.74, 6) is 1.47. The summed E-state index contributed by atoms with van der Waals surface area (Å²) in [4.78, 5) is 32.1. The molecule has 0 amide bonds. The quantitative estimate of drug-likeness (QED) is 0.282. The van der Waals surface area contributed by atoms with E-state index in [1.807, 2.05) is 12.1 Å². The van der Waals surface area contributed by atoms with Crippen molar-refractivity contribution >= 4 is 23.4 Å². The average molecular weight is 551 g/mol. The van der Waals surface area contributed by atoms with Crippen molar-refractivity contribution in [3.8, 4) is 23.0 Å². The molecule has 0 saturated heterocycles. The van der Waals surface area contributed by atoms with Gasteiger partial charge in [-0.1, -0.05) is 36.1 Å². The predicted molar refractivity (Wildman–Crippen MR) is 149 cm³/mol. The van der Waals surface area contributed by atoms with E-state index >= 15 is 0 Å². The van der Waals surface area contributed by atoms with E-state index in [9.17, 15) is 9.59 Å². The number of fused-ring (bicyclic) bond motifs is 1. The number of allylic oxidation sites excluding steroid dienone is 1.